The van der Waals surface area contributed by atoms with Crippen molar-refractivity contribution in [3.8, 4) is 0 Å². The molecule has 0 spiro atoms. The van der Waals surface area contributed by atoms with Gasteiger partial charge in [-0.25, -0.2) is 14.8 Å². The van der Waals surface area contributed by atoms with Crippen molar-refractivity contribution < 1.29 is 4.79 Å². The highest BCUT2D eigenvalue weighted by atomic mass is 16.2. The molecule has 0 bridgehead atoms. The van der Waals surface area contributed by atoms with Gasteiger partial charge in [0.25, 0.3) is 0 Å². The molecule has 0 aromatic carbocycles. The number of nitrogens with one attached hydrogen (secondary N) is 2. The molecule has 1 saturated heterocycles. The lowest BCUT2D eigenvalue weighted by Gasteiger charge is -2.26. The number of anilines is 1. The minimum absolute atomic E-state index is 0.0710. The van der Waals surface area contributed by atoms with Crippen LogP contribution in [0.2, 0.25) is 0 Å². The fraction of sp³-hybridized carbons (Fsp3) is 0.600. The van der Waals surface area contributed by atoms with E-state index in [1.54, 1.807) is 0 Å². The van der Waals surface area contributed by atoms with Gasteiger partial charge in [-0.1, -0.05) is 33.3 Å². The Kier molecular flexibility index (Phi) is 4.60. The third-order valence-electron chi connectivity index (χ3n) is 3.49. The van der Waals surface area contributed by atoms with E-state index >= 15 is 0 Å². The number of hydrazine groups is 1. The van der Waals surface area contributed by atoms with Crippen LogP contribution in [0.15, 0.2) is 18.3 Å². The molecule has 5 heteroatoms. The molecule has 2 N–H and O–H groups in total. The lowest BCUT2D eigenvalue weighted by Crippen LogP contribution is -2.46. The highest BCUT2D eigenvalue weighted by Crippen LogP contribution is 2.21. The van der Waals surface area contributed by atoms with Crippen molar-refractivity contribution in [1.82, 2.24) is 15.4 Å². The number of rotatable bonds is 2. The fourth-order valence-corrected chi connectivity index (χ4v) is 2.21. The predicted octanol–water partition coefficient (Wildman–Crippen LogP) is 2.90. The van der Waals surface area contributed by atoms with Gasteiger partial charge >= 0.3 is 6.03 Å². The molecule has 1 fully saturated rings. The quantitative estimate of drug-likeness (QED) is 0.873. The molecule has 20 heavy (non-hydrogen) atoms. The molecule has 1 aromatic rings. The van der Waals surface area contributed by atoms with Gasteiger partial charge in [-0.05, 0) is 29.9 Å². The number of pyridine rings is 1. The van der Waals surface area contributed by atoms with E-state index in [1.807, 2.05) is 23.3 Å². The minimum atomic E-state index is -0.220. The number of amides is 2. The number of nitrogens with zero attached hydrogens (tertiary/aromatic N) is 2. The average molecular weight is 276 g/mol. The zero-order valence-corrected chi connectivity index (χ0v) is 12.6. The Balaban J connectivity index is 1.87. The molecule has 2 rings (SSSR count). The van der Waals surface area contributed by atoms with Crippen LogP contribution in [0.4, 0.5) is 10.6 Å². The Morgan fingerprint density at radius 3 is 2.45 bits per heavy atom. The average Bonchev–Trinajstić information content (AvgIpc) is 2.39. The van der Waals surface area contributed by atoms with Gasteiger partial charge in [0.15, 0.2) is 0 Å². The van der Waals surface area contributed by atoms with Crippen molar-refractivity contribution in [1.29, 1.82) is 0 Å². The number of urea groups is 1. The van der Waals surface area contributed by atoms with Gasteiger partial charge in [-0.3, -0.25) is 10.7 Å². The Morgan fingerprint density at radius 2 is 1.90 bits per heavy atom. The number of piperidine rings is 1. The molecule has 0 atom stereocenters. The molecule has 1 aliphatic rings. The Labute approximate surface area is 120 Å². The van der Waals surface area contributed by atoms with Crippen LogP contribution >= 0.6 is 0 Å². The summed E-state index contributed by atoms with van der Waals surface area (Å²) >= 11 is 0. The van der Waals surface area contributed by atoms with Gasteiger partial charge < -0.3 is 0 Å². The van der Waals surface area contributed by atoms with Crippen LogP contribution in [0.5, 0.6) is 0 Å². The van der Waals surface area contributed by atoms with E-state index in [2.05, 4.69) is 36.5 Å². The number of hydrogen-bond acceptors (Lipinski definition) is 3. The molecule has 0 aliphatic carbocycles. The number of aromatic nitrogens is 1. The lowest BCUT2D eigenvalue weighted by atomic mass is 9.88. The second kappa shape index (κ2) is 6.22. The number of hydrogen-bond donors (Lipinski definition) is 2. The Hall–Kier alpha value is -1.62. The third kappa shape index (κ3) is 4.20. The van der Waals surface area contributed by atoms with Gasteiger partial charge in [0.1, 0.15) is 5.82 Å². The van der Waals surface area contributed by atoms with Gasteiger partial charge in [-0.15, -0.1) is 0 Å². The Morgan fingerprint density at radius 1 is 1.20 bits per heavy atom. The van der Waals surface area contributed by atoms with E-state index in [4.69, 9.17) is 0 Å². The van der Waals surface area contributed by atoms with Gasteiger partial charge in [-0.2, -0.15) is 0 Å². The molecule has 110 valence electrons. The SMILES string of the molecule is CC(C)(C)c1ccc(NC(=O)NN2CCCCC2)nc1. The number of carbonyl (C=O) groups is 1. The first kappa shape index (κ1) is 14.8. The minimum Gasteiger partial charge on any atom is -0.291 e. The van der Waals surface area contributed by atoms with E-state index < -0.39 is 0 Å². The van der Waals surface area contributed by atoms with Crippen LogP contribution in [0, 0.1) is 0 Å². The van der Waals surface area contributed by atoms with Crippen LogP contribution in [-0.2, 0) is 5.41 Å². The van der Waals surface area contributed by atoms with Gasteiger partial charge in [0, 0.05) is 19.3 Å². The summed E-state index contributed by atoms with van der Waals surface area (Å²) in [6, 6.07) is 3.63. The molecule has 1 aliphatic heterocycles. The van der Waals surface area contributed by atoms with E-state index in [0.717, 1.165) is 31.5 Å². The van der Waals surface area contributed by atoms with E-state index in [9.17, 15) is 4.79 Å². The van der Waals surface area contributed by atoms with Crippen LogP contribution in [-0.4, -0.2) is 29.1 Å². The number of carbonyl (C=O) groups excluding carboxylic acids is 1. The van der Waals surface area contributed by atoms with Crippen LogP contribution in [0.25, 0.3) is 0 Å². The molecule has 2 amide bonds. The van der Waals surface area contributed by atoms with Crippen LogP contribution in [0.1, 0.15) is 45.6 Å². The first-order valence-corrected chi connectivity index (χ1v) is 7.24. The molecule has 2 heterocycles. The smallest absolute Gasteiger partial charge is 0.291 e. The normalized spacial score (nSPS) is 16.8. The van der Waals surface area contributed by atoms with Gasteiger partial charge in [0.05, 0.1) is 0 Å². The summed E-state index contributed by atoms with van der Waals surface area (Å²) in [7, 11) is 0. The first-order valence-electron chi connectivity index (χ1n) is 7.24. The summed E-state index contributed by atoms with van der Waals surface area (Å²) in [5.41, 5.74) is 4.08. The maximum Gasteiger partial charge on any atom is 0.334 e. The van der Waals surface area contributed by atoms with Crippen molar-refractivity contribution in [2.45, 2.75) is 45.4 Å². The molecular formula is C15H24N4O. The first-order chi connectivity index (χ1) is 9.45. The monoisotopic (exact) mass is 276 g/mol. The molecule has 5 nitrogen and oxygen atoms in total. The van der Waals surface area contributed by atoms with Crippen molar-refractivity contribution in [3.05, 3.63) is 23.9 Å². The maximum absolute atomic E-state index is 11.9. The third-order valence-corrected chi connectivity index (χ3v) is 3.49. The lowest BCUT2D eigenvalue weighted by molar-refractivity contribution is 0.162. The van der Waals surface area contributed by atoms with Crippen LogP contribution < -0.4 is 10.7 Å². The molecule has 0 radical (unpaired) electrons. The fourth-order valence-electron chi connectivity index (χ4n) is 2.21. The van der Waals surface area contributed by atoms with E-state index in [0.29, 0.717) is 5.82 Å². The van der Waals surface area contributed by atoms with E-state index in [1.165, 1.54) is 6.42 Å². The van der Waals surface area contributed by atoms with Gasteiger partial charge in [0.2, 0.25) is 0 Å². The predicted molar refractivity (Wildman–Crippen MR) is 80.5 cm³/mol. The zero-order valence-electron chi connectivity index (χ0n) is 12.6. The largest absolute Gasteiger partial charge is 0.334 e. The summed E-state index contributed by atoms with van der Waals surface area (Å²) in [4.78, 5) is 16.1. The summed E-state index contributed by atoms with van der Waals surface area (Å²) in [5.74, 6) is 0.576. The molecule has 0 saturated carbocycles. The molecule has 0 unspecified atom stereocenters. The summed E-state index contributed by atoms with van der Waals surface area (Å²) < 4.78 is 0. The zero-order chi connectivity index (χ0) is 14.6. The standard InChI is InChI=1S/C15H24N4O/c1-15(2,3)12-7-8-13(16-11-12)17-14(20)18-19-9-5-4-6-10-19/h7-8,11H,4-6,9-10H2,1-3H3,(H2,16,17,18,20). The van der Waals surface area contributed by atoms with Crippen molar-refractivity contribution >= 4 is 11.8 Å². The van der Waals surface area contributed by atoms with Crippen molar-refractivity contribution in [2.75, 3.05) is 18.4 Å². The second-order valence-corrected chi connectivity index (χ2v) is 6.30. The maximum atomic E-state index is 11.9. The van der Waals surface area contributed by atoms with Crippen molar-refractivity contribution in [3.63, 3.8) is 0 Å². The second-order valence-electron chi connectivity index (χ2n) is 6.30. The molecular weight excluding hydrogens is 252 g/mol. The van der Waals surface area contributed by atoms with E-state index in [-0.39, 0.29) is 11.4 Å². The Bertz CT molecular complexity index is 444. The summed E-state index contributed by atoms with van der Waals surface area (Å²) in [5, 5.41) is 4.73. The summed E-state index contributed by atoms with van der Waals surface area (Å²) in [6.45, 7) is 8.26. The van der Waals surface area contributed by atoms with Crippen LogP contribution in [0.3, 0.4) is 0 Å². The topological polar surface area (TPSA) is 57.3 Å². The highest BCUT2D eigenvalue weighted by Gasteiger charge is 2.15. The summed E-state index contributed by atoms with van der Waals surface area (Å²) in [6.07, 6.45) is 5.34. The molecule has 1 aromatic heterocycles. The van der Waals surface area contributed by atoms with Crippen molar-refractivity contribution in [2.24, 2.45) is 0 Å². The highest BCUT2D eigenvalue weighted by molar-refractivity contribution is 5.87.